The van der Waals surface area contributed by atoms with Crippen LogP contribution in [0.3, 0.4) is 0 Å². The van der Waals surface area contributed by atoms with Crippen molar-refractivity contribution < 1.29 is 4.74 Å². The molecule has 0 saturated heterocycles. The Kier molecular flexibility index (Phi) is 1.28. The minimum absolute atomic E-state index is 0.601. The first-order valence-corrected chi connectivity index (χ1v) is 3.70. The van der Waals surface area contributed by atoms with Crippen molar-refractivity contribution in [1.29, 1.82) is 0 Å². The van der Waals surface area contributed by atoms with Crippen molar-refractivity contribution in [3.8, 4) is 5.75 Å². The Bertz CT molecular complexity index is 262. The molecule has 1 aliphatic rings. The first kappa shape index (κ1) is 5.99. The third kappa shape index (κ3) is 0.850. The smallest absolute Gasteiger partial charge is 0.159 e. The summed E-state index contributed by atoms with van der Waals surface area (Å²) in [5.41, 5.74) is 1.09. The van der Waals surface area contributed by atoms with Crippen LogP contribution in [0.5, 0.6) is 5.75 Å². The Morgan fingerprint density at radius 1 is 1.50 bits per heavy atom. The second kappa shape index (κ2) is 2.14. The maximum atomic E-state index is 5.23. The van der Waals surface area contributed by atoms with E-state index in [1.165, 1.54) is 5.30 Å². The average Bonchev–Trinajstić information content (AvgIpc) is 2.33. The maximum absolute atomic E-state index is 5.23. The molecule has 0 amide bonds. The molecule has 3 heteroatoms. The summed E-state index contributed by atoms with van der Waals surface area (Å²) < 4.78 is 5.23. The third-order valence-corrected chi connectivity index (χ3v) is 1.85. The van der Waals surface area contributed by atoms with Gasteiger partial charge in [-0.15, -0.1) is 9.24 Å². The zero-order valence-corrected chi connectivity index (χ0v) is 6.58. The second-order valence-electron chi connectivity index (χ2n) is 2.22. The first-order valence-electron chi connectivity index (χ1n) is 3.12. The van der Waals surface area contributed by atoms with Crippen LogP contribution in [-0.2, 0) is 0 Å². The van der Waals surface area contributed by atoms with Gasteiger partial charge in [-0.1, -0.05) is 6.07 Å². The van der Waals surface area contributed by atoms with Gasteiger partial charge in [0, 0.05) is 0 Å². The van der Waals surface area contributed by atoms with Crippen LogP contribution in [-0.4, -0.2) is 6.73 Å². The molecule has 0 spiro atoms. The second-order valence-corrected chi connectivity index (χ2v) is 2.89. The average molecular weight is 153 g/mol. The number of anilines is 1. The van der Waals surface area contributed by atoms with Gasteiger partial charge in [-0.3, -0.25) is 0 Å². The number of ether oxygens (including phenoxy) is 1. The van der Waals surface area contributed by atoms with E-state index in [0.717, 1.165) is 11.4 Å². The van der Waals surface area contributed by atoms with Crippen LogP contribution >= 0.6 is 9.24 Å². The van der Waals surface area contributed by atoms with Crippen LogP contribution in [0.25, 0.3) is 0 Å². The molecule has 2 nitrogen and oxygen atoms in total. The molecule has 0 fully saturated rings. The molecular formula is C7H8NOP. The van der Waals surface area contributed by atoms with Crippen molar-refractivity contribution in [1.82, 2.24) is 0 Å². The Labute approximate surface area is 61.8 Å². The summed E-state index contributed by atoms with van der Waals surface area (Å²) in [6.07, 6.45) is 0. The molecule has 0 aromatic heterocycles. The molecule has 10 heavy (non-hydrogen) atoms. The molecule has 1 aromatic rings. The Morgan fingerprint density at radius 3 is 3.30 bits per heavy atom. The quantitative estimate of drug-likeness (QED) is 0.560. The van der Waals surface area contributed by atoms with E-state index in [0.29, 0.717) is 6.73 Å². The molecule has 1 atom stereocenters. The fraction of sp³-hybridized carbons (Fsp3) is 0.143. The summed E-state index contributed by atoms with van der Waals surface area (Å²) in [5.74, 6) is 0.950. The number of benzene rings is 1. The van der Waals surface area contributed by atoms with E-state index in [1.54, 1.807) is 0 Å². The number of hydrogen-bond donors (Lipinski definition) is 1. The van der Waals surface area contributed by atoms with Crippen molar-refractivity contribution in [3.05, 3.63) is 18.2 Å². The molecule has 1 aromatic carbocycles. The highest BCUT2D eigenvalue weighted by Gasteiger charge is 2.08. The van der Waals surface area contributed by atoms with Gasteiger partial charge in [0.15, 0.2) is 6.73 Å². The lowest BCUT2D eigenvalue weighted by molar-refractivity contribution is 0.372. The van der Waals surface area contributed by atoms with E-state index in [2.05, 4.69) is 14.6 Å². The lowest BCUT2D eigenvalue weighted by Gasteiger charge is -1.96. The molecule has 2 rings (SSSR count). The minimum Gasteiger partial charge on any atom is -0.471 e. The summed E-state index contributed by atoms with van der Waals surface area (Å²) in [6, 6.07) is 6.03. The lowest BCUT2D eigenvalue weighted by Crippen LogP contribution is -1.96. The number of fused-ring (bicyclic) bond motifs is 1. The fourth-order valence-electron chi connectivity index (χ4n) is 1.00. The van der Waals surface area contributed by atoms with E-state index in [1.807, 2.05) is 18.2 Å². The highest BCUT2D eigenvalue weighted by Crippen LogP contribution is 2.27. The summed E-state index contributed by atoms with van der Waals surface area (Å²) in [4.78, 5) is 0. The molecule has 1 N–H and O–H groups in total. The first-order chi connectivity index (χ1) is 4.86. The minimum atomic E-state index is 0.601. The molecule has 1 aliphatic heterocycles. The molecule has 0 aliphatic carbocycles. The molecule has 52 valence electrons. The van der Waals surface area contributed by atoms with E-state index >= 15 is 0 Å². The van der Waals surface area contributed by atoms with Crippen LogP contribution in [0.4, 0.5) is 5.69 Å². The summed E-state index contributed by atoms with van der Waals surface area (Å²) in [6.45, 7) is 0.601. The topological polar surface area (TPSA) is 21.3 Å². The zero-order chi connectivity index (χ0) is 6.97. The Hall–Kier alpha value is -0.750. The van der Waals surface area contributed by atoms with Gasteiger partial charge in [0.05, 0.1) is 5.69 Å². The summed E-state index contributed by atoms with van der Waals surface area (Å²) >= 11 is 0. The third-order valence-electron chi connectivity index (χ3n) is 1.49. The van der Waals surface area contributed by atoms with Crippen LogP contribution < -0.4 is 15.4 Å². The predicted octanol–water partition coefficient (Wildman–Crippen LogP) is 0.949. The van der Waals surface area contributed by atoms with Gasteiger partial charge in [0.25, 0.3) is 0 Å². The van der Waals surface area contributed by atoms with Crippen molar-refractivity contribution in [2.75, 3.05) is 12.0 Å². The van der Waals surface area contributed by atoms with Gasteiger partial charge < -0.3 is 10.1 Å². The zero-order valence-electron chi connectivity index (χ0n) is 5.42. The van der Waals surface area contributed by atoms with Crippen molar-refractivity contribution >= 4 is 20.2 Å². The van der Waals surface area contributed by atoms with Crippen LogP contribution in [0.2, 0.25) is 0 Å². The molecule has 0 saturated carbocycles. The predicted molar refractivity (Wildman–Crippen MR) is 44.9 cm³/mol. The largest absolute Gasteiger partial charge is 0.471 e. The van der Waals surface area contributed by atoms with Crippen LogP contribution in [0.15, 0.2) is 18.2 Å². The lowest BCUT2D eigenvalue weighted by atomic mass is 10.3. The van der Waals surface area contributed by atoms with Gasteiger partial charge in [-0.2, -0.15) is 0 Å². The number of hydrogen-bond acceptors (Lipinski definition) is 2. The van der Waals surface area contributed by atoms with Gasteiger partial charge >= 0.3 is 0 Å². The monoisotopic (exact) mass is 153 g/mol. The van der Waals surface area contributed by atoms with Gasteiger partial charge in [-0.25, -0.2) is 0 Å². The van der Waals surface area contributed by atoms with E-state index in [4.69, 9.17) is 4.74 Å². The molecule has 1 heterocycles. The molecule has 0 radical (unpaired) electrons. The number of rotatable bonds is 0. The fourth-order valence-corrected chi connectivity index (χ4v) is 1.27. The van der Waals surface area contributed by atoms with Crippen LogP contribution in [0, 0.1) is 0 Å². The Morgan fingerprint density at radius 2 is 2.40 bits per heavy atom. The van der Waals surface area contributed by atoms with E-state index in [9.17, 15) is 0 Å². The highest BCUT2D eigenvalue weighted by molar-refractivity contribution is 7.27. The molecule has 0 bridgehead atoms. The van der Waals surface area contributed by atoms with Crippen molar-refractivity contribution in [2.24, 2.45) is 0 Å². The number of nitrogens with one attached hydrogen (secondary N) is 1. The molecule has 1 unspecified atom stereocenters. The van der Waals surface area contributed by atoms with Gasteiger partial charge in [0.2, 0.25) is 0 Å². The Balaban J connectivity index is 2.52. The van der Waals surface area contributed by atoms with Gasteiger partial charge in [0.1, 0.15) is 5.75 Å². The molecular weight excluding hydrogens is 145 g/mol. The van der Waals surface area contributed by atoms with Crippen molar-refractivity contribution in [3.63, 3.8) is 0 Å². The summed E-state index contributed by atoms with van der Waals surface area (Å²) in [5, 5.41) is 4.28. The maximum Gasteiger partial charge on any atom is 0.159 e. The SMILES string of the molecule is Pc1ccc2c(c1)NCO2. The van der Waals surface area contributed by atoms with Crippen LogP contribution in [0.1, 0.15) is 0 Å². The highest BCUT2D eigenvalue weighted by atomic mass is 31.0. The normalized spacial score (nSPS) is 13.7. The van der Waals surface area contributed by atoms with Gasteiger partial charge in [-0.05, 0) is 17.4 Å². The van der Waals surface area contributed by atoms with E-state index < -0.39 is 0 Å². The standard InChI is InChI=1S/C7H8NOP/c10-5-1-2-7-6(3-5)8-4-9-7/h1-3,8H,4,10H2. The van der Waals surface area contributed by atoms with Crippen molar-refractivity contribution in [2.45, 2.75) is 0 Å². The summed E-state index contributed by atoms with van der Waals surface area (Å²) in [7, 11) is 2.65. The van der Waals surface area contributed by atoms with E-state index in [-0.39, 0.29) is 0 Å².